The standard InChI is InChI=1S/C22H27F2N3O5S/c1-15(2)32-21-7-5-17(33(29,30)27-8-10-31-11-9-27)13-20(21)25-22(28)14-26(3)16-4-6-18(23)19(24)12-16/h4-7,12-13,15H,8-11,14H2,1-3H3,(H,25,28). The summed E-state index contributed by atoms with van der Waals surface area (Å²) < 4.78 is 65.0. The highest BCUT2D eigenvalue weighted by atomic mass is 32.2. The van der Waals surface area contributed by atoms with Crippen molar-refractivity contribution >= 4 is 27.3 Å². The van der Waals surface area contributed by atoms with Crippen LogP contribution in [0, 0.1) is 11.6 Å². The first-order valence-corrected chi connectivity index (χ1v) is 11.9. The average Bonchev–Trinajstić information content (AvgIpc) is 2.77. The van der Waals surface area contributed by atoms with E-state index in [1.165, 1.54) is 33.5 Å². The number of nitrogens with zero attached hydrogens (tertiary/aromatic N) is 2. The Morgan fingerprint density at radius 3 is 2.48 bits per heavy atom. The summed E-state index contributed by atoms with van der Waals surface area (Å²) in [6, 6.07) is 7.62. The molecule has 2 aromatic carbocycles. The monoisotopic (exact) mass is 483 g/mol. The summed E-state index contributed by atoms with van der Waals surface area (Å²) in [5.74, 6) is -2.18. The molecule has 1 heterocycles. The Morgan fingerprint density at radius 2 is 1.85 bits per heavy atom. The highest BCUT2D eigenvalue weighted by molar-refractivity contribution is 7.89. The zero-order chi connectivity index (χ0) is 24.2. The van der Waals surface area contributed by atoms with E-state index in [0.29, 0.717) is 24.7 Å². The molecule has 0 bridgehead atoms. The van der Waals surface area contributed by atoms with Gasteiger partial charge in [-0.05, 0) is 44.2 Å². The second-order valence-corrected chi connectivity index (χ2v) is 9.78. The molecule has 0 aliphatic carbocycles. The Hall–Kier alpha value is -2.76. The SMILES string of the molecule is CC(C)Oc1ccc(S(=O)(=O)N2CCOCC2)cc1NC(=O)CN(C)c1ccc(F)c(F)c1. The van der Waals surface area contributed by atoms with Gasteiger partial charge in [0.15, 0.2) is 11.6 Å². The maximum Gasteiger partial charge on any atom is 0.243 e. The first kappa shape index (κ1) is 24.9. The third-order valence-electron chi connectivity index (χ3n) is 4.92. The lowest BCUT2D eigenvalue weighted by Gasteiger charge is -2.26. The molecule has 2 aromatic rings. The third kappa shape index (κ3) is 6.18. The number of halogens is 2. The third-order valence-corrected chi connectivity index (χ3v) is 6.81. The number of carbonyl (C=O) groups excluding carboxylic acids is 1. The Bertz CT molecular complexity index is 1110. The van der Waals surface area contributed by atoms with Crippen LogP contribution in [0.15, 0.2) is 41.3 Å². The van der Waals surface area contributed by atoms with Gasteiger partial charge in [0.05, 0.1) is 36.4 Å². The van der Waals surface area contributed by atoms with Gasteiger partial charge in [-0.2, -0.15) is 4.31 Å². The minimum atomic E-state index is -3.78. The fourth-order valence-corrected chi connectivity index (χ4v) is 4.71. The predicted octanol–water partition coefficient (Wildman–Crippen LogP) is 2.85. The molecule has 1 saturated heterocycles. The van der Waals surface area contributed by atoms with Gasteiger partial charge < -0.3 is 19.7 Å². The number of sulfonamides is 1. The fourth-order valence-electron chi connectivity index (χ4n) is 3.28. The van der Waals surface area contributed by atoms with Crippen molar-refractivity contribution < 1.29 is 31.5 Å². The molecule has 11 heteroatoms. The van der Waals surface area contributed by atoms with E-state index in [1.54, 1.807) is 20.9 Å². The summed E-state index contributed by atoms with van der Waals surface area (Å²) in [6.45, 7) is 4.54. The number of likely N-dealkylation sites (N-methyl/N-ethyl adjacent to an activating group) is 1. The summed E-state index contributed by atoms with van der Waals surface area (Å²) in [6.07, 6.45) is -0.216. The lowest BCUT2D eigenvalue weighted by atomic mass is 10.2. The van der Waals surface area contributed by atoms with E-state index in [1.807, 2.05) is 0 Å². The molecular formula is C22H27F2N3O5S. The second kappa shape index (κ2) is 10.4. The highest BCUT2D eigenvalue weighted by Gasteiger charge is 2.27. The molecular weight excluding hydrogens is 456 g/mol. The van der Waals surface area contributed by atoms with Crippen molar-refractivity contribution in [2.45, 2.75) is 24.8 Å². The summed E-state index contributed by atoms with van der Waals surface area (Å²) in [5, 5.41) is 2.68. The molecule has 33 heavy (non-hydrogen) atoms. The molecule has 1 fully saturated rings. The molecule has 1 amide bonds. The molecule has 0 spiro atoms. The van der Waals surface area contributed by atoms with Crippen LogP contribution in [0.1, 0.15) is 13.8 Å². The van der Waals surface area contributed by atoms with Crippen LogP contribution >= 0.6 is 0 Å². The van der Waals surface area contributed by atoms with E-state index in [9.17, 15) is 22.0 Å². The van der Waals surface area contributed by atoms with Crippen LogP contribution in [0.4, 0.5) is 20.2 Å². The molecule has 1 aliphatic rings. The maximum absolute atomic E-state index is 13.5. The zero-order valence-corrected chi connectivity index (χ0v) is 19.5. The van der Waals surface area contributed by atoms with Gasteiger partial charge in [-0.3, -0.25) is 4.79 Å². The van der Waals surface area contributed by atoms with E-state index in [-0.39, 0.29) is 36.3 Å². The zero-order valence-electron chi connectivity index (χ0n) is 18.7. The number of nitrogens with one attached hydrogen (secondary N) is 1. The Morgan fingerprint density at radius 1 is 1.15 bits per heavy atom. The number of morpholine rings is 1. The van der Waals surface area contributed by atoms with Crippen molar-refractivity contribution in [3.05, 3.63) is 48.0 Å². The van der Waals surface area contributed by atoms with Crippen LogP contribution in [-0.2, 0) is 19.6 Å². The van der Waals surface area contributed by atoms with Gasteiger partial charge in [0.2, 0.25) is 15.9 Å². The number of hydrogen-bond acceptors (Lipinski definition) is 6. The predicted molar refractivity (Wildman–Crippen MR) is 120 cm³/mol. The molecule has 0 radical (unpaired) electrons. The molecule has 0 unspecified atom stereocenters. The van der Waals surface area contributed by atoms with E-state index in [2.05, 4.69) is 5.32 Å². The van der Waals surface area contributed by atoms with Crippen molar-refractivity contribution in [3.63, 3.8) is 0 Å². The van der Waals surface area contributed by atoms with Crippen LogP contribution in [0.25, 0.3) is 0 Å². The normalized spacial score (nSPS) is 14.8. The Balaban J connectivity index is 1.82. The fraction of sp³-hybridized carbons (Fsp3) is 0.409. The smallest absolute Gasteiger partial charge is 0.243 e. The molecule has 180 valence electrons. The minimum Gasteiger partial charge on any atom is -0.489 e. The van der Waals surface area contributed by atoms with Crippen LogP contribution < -0.4 is 15.0 Å². The van der Waals surface area contributed by atoms with E-state index < -0.39 is 27.6 Å². The molecule has 0 aromatic heterocycles. The summed E-state index contributed by atoms with van der Waals surface area (Å²) in [5.41, 5.74) is 0.507. The van der Waals surface area contributed by atoms with Crippen LogP contribution in [-0.4, -0.2) is 64.6 Å². The van der Waals surface area contributed by atoms with Gasteiger partial charge in [-0.1, -0.05) is 0 Å². The lowest BCUT2D eigenvalue weighted by Crippen LogP contribution is -2.40. The van der Waals surface area contributed by atoms with Crippen molar-refractivity contribution in [1.29, 1.82) is 0 Å². The Kier molecular flexibility index (Phi) is 7.88. The van der Waals surface area contributed by atoms with E-state index >= 15 is 0 Å². The first-order valence-electron chi connectivity index (χ1n) is 10.4. The molecule has 3 rings (SSSR count). The summed E-state index contributed by atoms with van der Waals surface area (Å²) >= 11 is 0. The largest absolute Gasteiger partial charge is 0.489 e. The number of ether oxygens (including phenoxy) is 2. The van der Waals surface area contributed by atoms with Crippen molar-refractivity contribution in [2.24, 2.45) is 0 Å². The molecule has 1 aliphatic heterocycles. The van der Waals surface area contributed by atoms with Gasteiger partial charge in [-0.25, -0.2) is 17.2 Å². The molecule has 8 nitrogen and oxygen atoms in total. The van der Waals surface area contributed by atoms with Gasteiger partial charge in [0.1, 0.15) is 5.75 Å². The minimum absolute atomic E-state index is 0.0183. The quantitative estimate of drug-likeness (QED) is 0.621. The second-order valence-electron chi connectivity index (χ2n) is 7.84. The number of carbonyl (C=O) groups is 1. The van der Waals surface area contributed by atoms with Crippen LogP contribution in [0.5, 0.6) is 5.75 Å². The van der Waals surface area contributed by atoms with Gasteiger partial charge in [0, 0.05) is 31.9 Å². The van der Waals surface area contributed by atoms with Crippen LogP contribution in [0.3, 0.4) is 0 Å². The number of benzene rings is 2. The van der Waals surface area contributed by atoms with E-state index in [0.717, 1.165) is 12.1 Å². The van der Waals surface area contributed by atoms with Gasteiger partial charge >= 0.3 is 0 Å². The number of amides is 1. The maximum atomic E-state index is 13.5. The highest BCUT2D eigenvalue weighted by Crippen LogP contribution is 2.30. The molecule has 1 N–H and O–H groups in total. The summed E-state index contributed by atoms with van der Waals surface area (Å²) in [4.78, 5) is 14.2. The number of anilines is 2. The van der Waals surface area contributed by atoms with Crippen molar-refractivity contribution in [1.82, 2.24) is 4.31 Å². The van der Waals surface area contributed by atoms with Crippen molar-refractivity contribution in [3.8, 4) is 5.75 Å². The molecule has 0 atom stereocenters. The van der Waals surface area contributed by atoms with Crippen molar-refractivity contribution in [2.75, 3.05) is 50.1 Å². The number of hydrogen-bond donors (Lipinski definition) is 1. The average molecular weight is 484 g/mol. The Labute approximate surface area is 192 Å². The topological polar surface area (TPSA) is 88.2 Å². The van der Waals surface area contributed by atoms with Crippen LogP contribution in [0.2, 0.25) is 0 Å². The molecule has 0 saturated carbocycles. The van der Waals surface area contributed by atoms with Gasteiger partial charge in [0.25, 0.3) is 0 Å². The summed E-state index contributed by atoms with van der Waals surface area (Å²) in [7, 11) is -2.23. The van der Waals surface area contributed by atoms with Gasteiger partial charge in [-0.15, -0.1) is 0 Å². The van der Waals surface area contributed by atoms with E-state index in [4.69, 9.17) is 9.47 Å². The lowest BCUT2D eigenvalue weighted by molar-refractivity contribution is -0.114. The first-order chi connectivity index (χ1) is 15.6. The number of rotatable bonds is 8.